The van der Waals surface area contributed by atoms with Crippen LogP contribution in [-0.2, 0) is 31.1 Å². The molecule has 9 nitrogen and oxygen atoms in total. The first-order chi connectivity index (χ1) is 16.2. The number of rotatable bonds is 11. The van der Waals surface area contributed by atoms with Crippen molar-refractivity contribution in [2.45, 2.75) is 45.1 Å². The number of likely N-dealkylation sites (N-methyl/N-ethyl adjacent to an activating group) is 1. The maximum Gasteiger partial charge on any atom is 0.241 e. The summed E-state index contributed by atoms with van der Waals surface area (Å²) in [7, 11) is 4.81. The first-order valence-electron chi connectivity index (χ1n) is 11.5. The number of imide groups is 1. The van der Waals surface area contributed by atoms with Gasteiger partial charge < -0.3 is 14.4 Å². The van der Waals surface area contributed by atoms with Crippen LogP contribution in [-0.4, -0.2) is 78.3 Å². The third-order valence-electron chi connectivity index (χ3n) is 6.39. The van der Waals surface area contributed by atoms with E-state index in [2.05, 4.69) is 5.10 Å². The van der Waals surface area contributed by atoms with Gasteiger partial charge in [0.25, 0.3) is 0 Å². The summed E-state index contributed by atoms with van der Waals surface area (Å²) in [6.45, 7) is 5.56. The molecule has 3 amide bonds. The molecular weight excluding hydrogens is 436 g/mol. The molecule has 1 aromatic heterocycles. The van der Waals surface area contributed by atoms with Crippen molar-refractivity contribution in [3.63, 3.8) is 0 Å². The number of carbonyl (C=O) groups is 3. The SMILES string of the molecule is COCCCN1C(=O)C[C@](CC(=O)N(C)CCn2nc(C)cc2C)(c2ccccc2OC)C1=O. The van der Waals surface area contributed by atoms with Gasteiger partial charge in [0, 0.05) is 58.0 Å². The Morgan fingerprint density at radius 2 is 1.91 bits per heavy atom. The Morgan fingerprint density at radius 3 is 2.56 bits per heavy atom. The molecule has 0 bridgehead atoms. The number of carbonyl (C=O) groups excluding carboxylic acids is 3. The summed E-state index contributed by atoms with van der Waals surface area (Å²) >= 11 is 0. The molecule has 0 unspecified atom stereocenters. The summed E-state index contributed by atoms with van der Waals surface area (Å²) in [6, 6.07) is 9.10. The summed E-state index contributed by atoms with van der Waals surface area (Å²) < 4.78 is 12.5. The van der Waals surface area contributed by atoms with Crippen molar-refractivity contribution in [1.29, 1.82) is 0 Å². The number of amides is 3. The Labute approximate surface area is 200 Å². The van der Waals surface area contributed by atoms with Crippen LogP contribution in [0.1, 0.15) is 36.2 Å². The Balaban J connectivity index is 1.86. The van der Waals surface area contributed by atoms with Gasteiger partial charge in [-0.25, -0.2) is 0 Å². The van der Waals surface area contributed by atoms with Gasteiger partial charge in [-0.3, -0.25) is 24.0 Å². The van der Waals surface area contributed by atoms with Crippen LogP contribution in [0.25, 0.3) is 0 Å². The number of hydrogen-bond acceptors (Lipinski definition) is 6. The Hall–Kier alpha value is -3.20. The standard InChI is InChI=1S/C25H34N4O5/c1-18-15-19(2)29(26-18)13-12-27(3)22(30)16-25(20-9-6-7-10-21(20)34-5)17-23(31)28(24(25)32)11-8-14-33-4/h6-7,9-10,15H,8,11-14,16-17H2,1-5H3/t25-/m1/s1. The Bertz CT molecular complexity index is 1050. The number of aromatic nitrogens is 2. The molecule has 1 aromatic carbocycles. The van der Waals surface area contributed by atoms with Gasteiger partial charge in [0.1, 0.15) is 5.75 Å². The molecule has 1 aliphatic heterocycles. The molecule has 184 valence electrons. The van der Waals surface area contributed by atoms with Gasteiger partial charge in [-0.2, -0.15) is 5.10 Å². The normalized spacial score (nSPS) is 18.0. The zero-order chi connectivity index (χ0) is 24.9. The highest BCUT2D eigenvalue weighted by atomic mass is 16.5. The Morgan fingerprint density at radius 1 is 1.18 bits per heavy atom. The highest BCUT2D eigenvalue weighted by Gasteiger charge is 2.54. The molecule has 34 heavy (non-hydrogen) atoms. The lowest BCUT2D eigenvalue weighted by Crippen LogP contribution is -2.43. The third kappa shape index (κ3) is 5.14. The smallest absolute Gasteiger partial charge is 0.241 e. The number of hydrogen-bond donors (Lipinski definition) is 0. The fourth-order valence-electron chi connectivity index (χ4n) is 4.54. The third-order valence-corrected chi connectivity index (χ3v) is 6.39. The molecule has 2 aromatic rings. The van der Waals surface area contributed by atoms with Crippen LogP contribution in [0, 0.1) is 13.8 Å². The van der Waals surface area contributed by atoms with Crippen LogP contribution in [0.5, 0.6) is 5.75 Å². The van der Waals surface area contributed by atoms with Crippen LogP contribution in [0.3, 0.4) is 0 Å². The van der Waals surface area contributed by atoms with E-state index < -0.39 is 5.41 Å². The topological polar surface area (TPSA) is 94.0 Å². The quantitative estimate of drug-likeness (QED) is 0.369. The van der Waals surface area contributed by atoms with Gasteiger partial charge in [-0.05, 0) is 32.4 Å². The molecule has 3 rings (SSSR count). The maximum absolute atomic E-state index is 13.7. The maximum atomic E-state index is 13.7. The fourth-order valence-corrected chi connectivity index (χ4v) is 4.54. The molecule has 0 radical (unpaired) electrons. The number of likely N-dealkylation sites (tertiary alicyclic amines) is 1. The second kappa shape index (κ2) is 10.8. The fraction of sp³-hybridized carbons (Fsp3) is 0.520. The summed E-state index contributed by atoms with van der Waals surface area (Å²) in [6.07, 6.45) is 0.342. The average Bonchev–Trinajstić information content (AvgIpc) is 3.27. The summed E-state index contributed by atoms with van der Waals surface area (Å²) in [5.74, 6) is -0.378. The van der Waals surface area contributed by atoms with Crippen molar-refractivity contribution in [3.05, 3.63) is 47.3 Å². The zero-order valence-corrected chi connectivity index (χ0v) is 20.7. The molecule has 0 saturated carbocycles. The van der Waals surface area contributed by atoms with Crippen molar-refractivity contribution >= 4 is 17.7 Å². The minimum atomic E-state index is -1.31. The van der Waals surface area contributed by atoms with Crippen molar-refractivity contribution in [2.75, 3.05) is 41.0 Å². The van der Waals surface area contributed by atoms with E-state index in [4.69, 9.17) is 9.47 Å². The minimum Gasteiger partial charge on any atom is -0.496 e. The number of benzene rings is 1. The number of nitrogens with zero attached hydrogens (tertiary/aromatic N) is 4. The molecule has 0 aliphatic carbocycles. The van der Waals surface area contributed by atoms with E-state index in [1.807, 2.05) is 24.6 Å². The van der Waals surface area contributed by atoms with Crippen molar-refractivity contribution < 1.29 is 23.9 Å². The first-order valence-corrected chi connectivity index (χ1v) is 11.5. The number of ether oxygens (including phenoxy) is 2. The molecule has 1 saturated heterocycles. The van der Waals surface area contributed by atoms with E-state index in [9.17, 15) is 14.4 Å². The molecule has 1 atom stereocenters. The van der Waals surface area contributed by atoms with Crippen LogP contribution < -0.4 is 4.74 Å². The monoisotopic (exact) mass is 470 g/mol. The lowest BCUT2D eigenvalue weighted by Gasteiger charge is -2.30. The highest BCUT2D eigenvalue weighted by molar-refractivity contribution is 6.11. The molecule has 0 N–H and O–H groups in total. The predicted molar refractivity (Wildman–Crippen MR) is 126 cm³/mol. The largest absolute Gasteiger partial charge is 0.496 e. The van der Waals surface area contributed by atoms with Gasteiger partial charge in [0.15, 0.2) is 0 Å². The van der Waals surface area contributed by atoms with Gasteiger partial charge in [0.05, 0.1) is 24.8 Å². The van der Waals surface area contributed by atoms with Gasteiger partial charge in [-0.15, -0.1) is 0 Å². The average molecular weight is 471 g/mol. The summed E-state index contributed by atoms with van der Waals surface area (Å²) in [5.41, 5.74) is 1.20. The molecule has 2 heterocycles. The van der Waals surface area contributed by atoms with Crippen LogP contribution >= 0.6 is 0 Å². The van der Waals surface area contributed by atoms with E-state index in [0.29, 0.717) is 37.4 Å². The second-order valence-electron chi connectivity index (χ2n) is 8.80. The van der Waals surface area contributed by atoms with Gasteiger partial charge in [-0.1, -0.05) is 18.2 Å². The summed E-state index contributed by atoms with van der Waals surface area (Å²) in [5, 5.41) is 4.44. The van der Waals surface area contributed by atoms with E-state index >= 15 is 0 Å². The van der Waals surface area contributed by atoms with Crippen LogP contribution in [0.15, 0.2) is 30.3 Å². The lowest BCUT2D eigenvalue weighted by molar-refractivity contribution is -0.142. The number of para-hydroxylation sites is 1. The minimum absolute atomic E-state index is 0.0732. The molecular formula is C25H34N4O5. The van der Waals surface area contributed by atoms with Crippen molar-refractivity contribution in [3.8, 4) is 5.75 Å². The lowest BCUT2D eigenvalue weighted by atomic mass is 9.75. The second-order valence-corrected chi connectivity index (χ2v) is 8.80. The van der Waals surface area contributed by atoms with E-state index in [0.717, 1.165) is 11.4 Å². The molecule has 9 heteroatoms. The van der Waals surface area contributed by atoms with Crippen molar-refractivity contribution in [2.24, 2.45) is 0 Å². The first kappa shape index (κ1) is 25.4. The van der Waals surface area contributed by atoms with Crippen LogP contribution in [0.4, 0.5) is 0 Å². The van der Waals surface area contributed by atoms with E-state index in [1.165, 1.54) is 12.0 Å². The number of methoxy groups -OCH3 is 2. The highest BCUT2D eigenvalue weighted by Crippen LogP contribution is 2.44. The number of aryl methyl sites for hydroxylation is 2. The summed E-state index contributed by atoms with van der Waals surface area (Å²) in [4.78, 5) is 42.9. The van der Waals surface area contributed by atoms with Crippen LogP contribution in [0.2, 0.25) is 0 Å². The van der Waals surface area contributed by atoms with E-state index in [1.54, 1.807) is 43.3 Å². The van der Waals surface area contributed by atoms with E-state index in [-0.39, 0.29) is 37.1 Å². The molecule has 0 spiro atoms. The zero-order valence-electron chi connectivity index (χ0n) is 20.7. The van der Waals surface area contributed by atoms with Gasteiger partial charge >= 0.3 is 0 Å². The molecule has 1 aliphatic rings. The Kier molecular flexibility index (Phi) is 8.09. The molecule has 1 fully saturated rings. The van der Waals surface area contributed by atoms with Crippen molar-refractivity contribution in [1.82, 2.24) is 19.6 Å². The predicted octanol–water partition coefficient (Wildman–Crippen LogP) is 2.09. The van der Waals surface area contributed by atoms with Gasteiger partial charge in [0.2, 0.25) is 17.7 Å².